The van der Waals surface area contributed by atoms with E-state index in [1.807, 2.05) is 0 Å². The van der Waals surface area contributed by atoms with Crippen LogP contribution in [0.15, 0.2) is 12.2 Å². The van der Waals surface area contributed by atoms with Gasteiger partial charge >= 0.3 is 5.97 Å². The van der Waals surface area contributed by atoms with Crippen LogP contribution in [0.5, 0.6) is 0 Å². The van der Waals surface area contributed by atoms with Gasteiger partial charge in [0.1, 0.15) is 0 Å². The molecule has 16 heavy (non-hydrogen) atoms. The Hall–Kier alpha value is -0.693. The molecule has 0 atom stereocenters. The standard InChI is InChI=1S/C8H16O3Si.C2H6O2/c1-7(2)8(9)11-5-4-6-12-10-3;1-3-4-2/h1,4-6,12H2,2-3H3;1-2H3. The molecule has 0 aliphatic rings. The van der Waals surface area contributed by atoms with Gasteiger partial charge in [0.15, 0.2) is 9.76 Å². The first-order chi connectivity index (χ1) is 7.59. The zero-order chi connectivity index (χ0) is 12.8. The Morgan fingerprint density at radius 3 is 2.19 bits per heavy atom. The largest absolute Gasteiger partial charge is 0.462 e. The molecule has 0 aliphatic carbocycles. The van der Waals surface area contributed by atoms with Crippen LogP contribution in [0, 0.1) is 0 Å². The SMILES string of the molecule is C=C(C)C(=O)OCCC[SiH2]OC.COOC. The molecule has 0 aromatic heterocycles. The van der Waals surface area contributed by atoms with Gasteiger partial charge in [0.25, 0.3) is 0 Å². The van der Waals surface area contributed by atoms with E-state index in [4.69, 9.17) is 9.16 Å². The Kier molecular flexibility index (Phi) is 15.8. The molecule has 0 aromatic carbocycles. The van der Waals surface area contributed by atoms with Crippen molar-refractivity contribution in [3.63, 3.8) is 0 Å². The average molecular weight is 250 g/mol. The highest BCUT2D eigenvalue weighted by molar-refractivity contribution is 6.26. The lowest BCUT2D eigenvalue weighted by Gasteiger charge is -2.02. The predicted octanol–water partition coefficient (Wildman–Crippen LogP) is 0.838. The molecular weight excluding hydrogens is 228 g/mol. The fourth-order valence-corrected chi connectivity index (χ4v) is 1.33. The summed E-state index contributed by atoms with van der Waals surface area (Å²) in [6, 6.07) is 1.06. The molecule has 96 valence electrons. The van der Waals surface area contributed by atoms with E-state index >= 15 is 0 Å². The van der Waals surface area contributed by atoms with Crippen LogP contribution in [0.25, 0.3) is 0 Å². The minimum Gasteiger partial charge on any atom is -0.462 e. The molecule has 0 saturated carbocycles. The minimum atomic E-state index is -0.356. The number of esters is 1. The summed E-state index contributed by atoms with van der Waals surface area (Å²) in [6.45, 7) is 5.61. The second-order valence-electron chi connectivity index (χ2n) is 2.95. The molecule has 0 aromatic rings. The van der Waals surface area contributed by atoms with E-state index < -0.39 is 0 Å². The second-order valence-corrected chi connectivity index (χ2v) is 4.64. The average Bonchev–Trinajstić information content (AvgIpc) is 2.28. The topological polar surface area (TPSA) is 54.0 Å². The third-order valence-corrected chi connectivity index (χ3v) is 2.69. The number of hydrogen-bond acceptors (Lipinski definition) is 5. The molecular formula is C10H22O5Si. The van der Waals surface area contributed by atoms with Gasteiger partial charge in [0.2, 0.25) is 0 Å². The van der Waals surface area contributed by atoms with E-state index in [1.165, 1.54) is 14.2 Å². The molecule has 0 heterocycles. The van der Waals surface area contributed by atoms with Crippen molar-refractivity contribution in [1.82, 2.24) is 0 Å². The molecule has 0 spiro atoms. The van der Waals surface area contributed by atoms with Crippen molar-refractivity contribution in [2.45, 2.75) is 19.4 Å². The van der Waals surface area contributed by atoms with Crippen molar-refractivity contribution in [3.8, 4) is 0 Å². The van der Waals surface area contributed by atoms with Gasteiger partial charge in [0.05, 0.1) is 20.8 Å². The van der Waals surface area contributed by atoms with Crippen LogP contribution >= 0.6 is 0 Å². The van der Waals surface area contributed by atoms with Crippen LogP contribution in [0.1, 0.15) is 13.3 Å². The smallest absolute Gasteiger partial charge is 0.333 e. The maximum absolute atomic E-state index is 10.8. The van der Waals surface area contributed by atoms with Crippen molar-refractivity contribution in [3.05, 3.63) is 12.2 Å². The maximum Gasteiger partial charge on any atom is 0.333 e. The molecule has 0 radical (unpaired) electrons. The van der Waals surface area contributed by atoms with Crippen molar-refractivity contribution < 1.29 is 23.7 Å². The predicted molar refractivity (Wildman–Crippen MR) is 64.8 cm³/mol. The summed E-state index contributed by atoms with van der Waals surface area (Å²) >= 11 is 0. The Morgan fingerprint density at radius 2 is 1.81 bits per heavy atom. The quantitative estimate of drug-likeness (QED) is 0.167. The summed E-state index contributed by atoms with van der Waals surface area (Å²) < 4.78 is 9.86. The number of carbonyl (C=O) groups excluding carboxylic acids is 1. The highest BCUT2D eigenvalue weighted by Crippen LogP contribution is 1.95. The van der Waals surface area contributed by atoms with Crippen LogP contribution in [-0.2, 0) is 23.7 Å². The van der Waals surface area contributed by atoms with Gasteiger partial charge in [-0.25, -0.2) is 14.6 Å². The van der Waals surface area contributed by atoms with Crippen molar-refractivity contribution in [1.29, 1.82) is 0 Å². The van der Waals surface area contributed by atoms with Crippen LogP contribution in [-0.4, -0.2) is 43.7 Å². The molecule has 0 saturated heterocycles. The highest BCUT2D eigenvalue weighted by atomic mass is 28.2. The summed E-state index contributed by atoms with van der Waals surface area (Å²) in [4.78, 5) is 18.9. The molecule has 0 bridgehead atoms. The molecule has 0 amide bonds. The molecule has 0 unspecified atom stereocenters. The van der Waals surface area contributed by atoms with Crippen LogP contribution in [0.3, 0.4) is 0 Å². The number of ether oxygens (including phenoxy) is 1. The zero-order valence-electron chi connectivity index (χ0n) is 10.6. The molecule has 6 heteroatoms. The van der Waals surface area contributed by atoms with Crippen LogP contribution in [0.2, 0.25) is 6.04 Å². The van der Waals surface area contributed by atoms with E-state index in [0.717, 1.165) is 12.5 Å². The molecule has 0 fully saturated rings. The molecule has 5 nitrogen and oxygen atoms in total. The van der Waals surface area contributed by atoms with E-state index in [-0.39, 0.29) is 15.7 Å². The molecule has 0 rings (SSSR count). The highest BCUT2D eigenvalue weighted by Gasteiger charge is 2.01. The first-order valence-corrected chi connectivity index (χ1v) is 6.56. The van der Waals surface area contributed by atoms with Gasteiger partial charge in [-0.2, -0.15) is 0 Å². The van der Waals surface area contributed by atoms with Crippen LogP contribution < -0.4 is 0 Å². The Balaban J connectivity index is 0. The normalized spacial score (nSPS) is 9.75. The summed E-state index contributed by atoms with van der Waals surface area (Å²) in [5, 5.41) is 0. The van der Waals surface area contributed by atoms with Crippen molar-refractivity contribution in [2.24, 2.45) is 0 Å². The minimum absolute atomic E-state index is 0.297. The summed E-state index contributed by atoms with van der Waals surface area (Å²) in [7, 11) is 4.27. The van der Waals surface area contributed by atoms with Gasteiger partial charge in [-0.1, -0.05) is 6.58 Å². The first-order valence-electron chi connectivity index (χ1n) is 4.98. The molecule has 0 aliphatic heterocycles. The lowest BCUT2D eigenvalue weighted by Crippen LogP contribution is -2.07. The Morgan fingerprint density at radius 1 is 1.25 bits per heavy atom. The van der Waals surface area contributed by atoms with E-state index in [1.54, 1.807) is 14.0 Å². The monoisotopic (exact) mass is 250 g/mol. The van der Waals surface area contributed by atoms with Gasteiger partial charge in [-0.3, -0.25) is 0 Å². The van der Waals surface area contributed by atoms with E-state index in [0.29, 0.717) is 12.2 Å². The number of rotatable bonds is 7. The third kappa shape index (κ3) is 15.8. The summed E-state index contributed by atoms with van der Waals surface area (Å²) in [5.74, 6) is -0.297. The van der Waals surface area contributed by atoms with Crippen LogP contribution in [0.4, 0.5) is 0 Å². The van der Waals surface area contributed by atoms with Gasteiger partial charge < -0.3 is 9.16 Å². The Bertz CT molecular complexity index is 182. The van der Waals surface area contributed by atoms with Gasteiger partial charge in [0, 0.05) is 12.7 Å². The van der Waals surface area contributed by atoms with E-state index in [9.17, 15) is 4.79 Å². The Labute approximate surface area is 99.6 Å². The molecule has 0 N–H and O–H groups in total. The second kappa shape index (κ2) is 14.3. The summed E-state index contributed by atoms with van der Waals surface area (Å²) in [5.41, 5.74) is 0.457. The van der Waals surface area contributed by atoms with Crippen molar-refractivity contribution >= 4 is 15.7 Å². The fourth-order valence-electron chi connectivity index (χ4n) is 0.637. The lowest BCUT2D eigenvalue weighted by molar-refractivity contribution is -0.248. The number of carbonyl (C=O) groups is 1. The van der Waals surface area contributed by atoms with Crippen molar-refractivity contribution in [2.75, 3.05) is 27.9 Å². The lowest BCUT2D eigenvalue weighted by atomic mass is 10.4. The fraction of sp³-hybridized carbons (Fsp3) is 0.700. The zero-order valence-corrected chi connectivity index (χ0v) is 12.0. The number of hydrogen-bond donors (Lipinski definition) is 0. The van der Waals surface area contributed by atoms with Gasteiger partial charge in [-0.05, 0) is 19.4 Å². The van der Waals surface area contributed by atoms with Gasteiger partial charge in [-0.15, -0.1) is 0 Å². The maximum atomic E-state index is 10.8. The first kappa shape index (κ1) is 17.7. The third-order valence-electron chi connectivity index (χ3n) is 1.49. The summed E-state index contributed by atoms with van der Waals surface area (Å²) in [6.07, 6.45) is 0.902. The van der Waals surface area contributed by atoms with E-state index in [2.05, 4.69) is 16.4 Å².